The van der Waals surface area contributed by atoms with Gasteiger partial charge in [-0.3, -0.25) is 9.69 Å². The molecule has 1 heterocycles. The number of alkyl halides is 1. The lowest BCUT2D eigenvalue weighted by molar-refractivity contribution is -0.123. The number of hydrogen-bond acceptors (Lipinski definition) is 7. The van der Waals surface area contributed by atoms with E-state index in [0.29, 0.717) is 11.3 Å². The third-order valence-corrected chi connectivity index (χ3v) is 4.27. The van der Waals surface area contributed by atoms with Crippen molar-refractivity contribution in [2.24, 2.45) is 5.41 Å². The van der Waals surface area contributed by atoms with Gasteiger partial charge < -0.3 is 10.1 Å². The van der Waals surface area contributed by atoms with Crippen molar-refractivity contribution in [1.82, 2.24) is 25.3 Å². The van der Waals surface area contributed by atoms with Crippen LogP contribution in [-0.2, 0) is 15.3 Å². The highest BCUT2D eigenvalue weighted by Crippen LogP contribution is 2.27. The quantitative estimate of drug-likeness (QED) is 0.729. The van der Waals surface area contributed by atoms with Crippen molar-refractivity contribution in [2.75, 3.05) is 12.4 Å². The van der Waals surface area contributed by atoms with Crippen molar-refractivity contribution in [3.63, 3.8) is 0 Å². The first-order valence-electron chi connectivity index (χ1n) is 9.77. The number of halogens is 1. The Balaban J connectivity index is 2.15. The molecule has 0 radical (unpaired) electrons. The molecule has 1 aromatic heterocycles. The molecule has 2 rings (SSSR count). The maximum atomic E-state index is 15.2. The Kier molecular flexibility index (Phi) is 6.63. The van der Waals surface area contributed by atoms with Crippen LogP contribution < -0.4 is 5.32 Å². The van der Waals surface area contributed by atoms with Gasteiger partial charge in [0.1, 0.15) is 5.60 Å². The summed E-state index contributed by atoms with van der Waals surface area (Å²) in [5.74, 6) is -2.69. The van der Waals surface area contributed by atoms with Crippen molar-refractivity contribution in [3.8, 4) is 11.4 Å². The molecule has 0 spiro atoms. The Bertz CT molecular complexity index is 932. The lowest BCUT2D eigenvalue weighted by Crippen LogP contribution is -2.45. The number of ether oxygens (including phenoxy) is 1. The van der Waals surface area contributed by atoms with Crippen LogP contribution in [0.5, 0.6) is 0 Å². The lowest BCUT2D eigenvalue weighted by Gasteiger charge is -2.31. The minimum Gasteiger partial charge on any atom is -0.444 e. The molecule has 0 saturated heterocycles. The number of carbonyl (C=O) groups is 2. The summed E-state index contributed by atoms with van der Waals surface area (Å²) in [6.07, 6.45) is -0.863. The van der Waals surface area contributed by atoms with Gasteiger partial charge in [-0.25, -0.2) is 9.18 Å². The van der Waals surface area contributed by atoms with Crippen molar-refractivity contribution in [1.29, 1.82) is 0 Å². The van der Waals surface area contributed by atoms with E-state index in [-0.39, 0.29) is 17.6 Å². The Hall–Kier alpha value is -3.17. The molecule has 0 bridgehead atoms. The maximum Gasteiger partial charge on any atom is 0.412 e. The fourth-order valence-electron chi connectivity index (χ4n) is 2.20. The van der Waals surface area contributed by atoms with Crippen molar-refractivity contribution in [2.45, 2.75) is 59.9 Å². The Morgan fingerprint density at radius 3 is 1.90 bits per heavy atom. The molecule has 1 N–H and O–H groups in total. The molecule has 10 heteroatoms. The van der Waals surface area contributed by atoms with Crippen LogP contribution >= 0.6 is 0 Å². The Morgan fingerprint density at radius 1 is 0.935 bits per heavy atom. The zero-order valence-electron chi connectivity index (χ0n) is 19.1. The van der Waals surface area contributed by atoms with Crippen molar-refractivity contribution < 1.29 is 18.7 Å². The molecular formula is C21H29FN6O3. The zero-order chi connectivity index (χ0) is 23.6. The van der Waals surface area contributed by atoms with Gasteiger partial charge in [-0.1, -0.05) is 20.8 Å². The van der Waals surface area contributed by atoms with E-state index in [0.717, 1.165) is 11.8 Å². The summed E-state index contributed by atoms with van der Waals surface area (Å²) in [5.41, 5.74) is -0.0872. The van der Waals surface area contributed by atoms with Gasteiger partial charge >= 0.3 is 6.09 Å². The van der Waals surface area contributed by atoms with E-state index in [4.69, 9.17) is 4.74 Å². The second-order valence-electron chi connectivity index (χ2n) is 9.32. The van der Waals surface area contributed by atoms with Crippen LogP contribution in [0, 0.1) is 5.41 Å². The third kappa shape index (κ3) is 6.16. The number of rotatable bonds is 4. The monoisotopic (exact) mass is 432 g/mol. The van der Waals surface area contributed by atoms with Crippen LogP contribution in [0.2, 0.25) is 0 Å². The fraction of sp³-hybridized carbons (Fsp3) is 0.524. The molecule has 0 aliphatic heterocycles. The normalized spacial score (nSPS) is 13.8. The molecule has 31 heavy (non-hydrogen) atoms. The zero-order valence-corrected chi connectivity index (χ0v) is 19.1. The number of aromatic nitrogens is 4. The molecule has 168 valence electrons. The van der Waals surface area contributed by atoms with E-state index in [2.05, 4.69) is 25.7 Å². The van der Waals surface area contributed by atoms with Crippen LogP contribution in [0.4, 0.5) is 14.9 Å². The molecule has 2 aromatic rings. The molecule has 0 fully saturated rings. The predicted molar refractivity (Wildman–Crippen MR) is 114 cm³/mol. The first-order chi connectivity index (χ1) is 14.1. The summed E-state index contributed by atoms with van der Waals surface area (Å²) < 4.78 is 20.4. The van der Waals surface area contributed by atoms with Gasteiger partial charge in [0.15, 0.2) is 0 Å². The van der Waals surface area contributed by atoms with E-state index in [1.54, 1.807) is 45.0 Å². The average Bonchev–Trinajstić information content (AvgIpc) is 2.66. The van der Waals surface area contributed by atoms with Gasteiger partial charge in [0.25, 0.3) is 0 Å². The number of anilines is 1. The summed E-state index contributed by atoms with van der Waals surface area (Å²) in [7, 11) is 1.25. The van der Waals surface area contributed by atoms with Gasteiger partial charge in [-0.2, -0.15) is 0 Å². The molecule has 1 atom stereocenters. The molecule has 0 aliphatic rings. The van der Waals surface area contributed by atoms with Crippen molar-refractivity contribution in [3.05, 3.63) is 30.1 Å². The van der Waals surface area contributed by atoms with E-state index < -0.39 is 22.9 Å². The highest BCUT2D eigenvalue weighted by molar-refractivity contribution is 5.94. The summed E-state index contributed by atoms with van der Waals surface area (Å²) in [6, 6.07) is 6.79. The van der Waals surface area contributed by atoms with Gasteiger partial charge in [0.2, 0.25) is 23.3 Å². The van der Waals surface area contributed by atoms with E-state index in [9.17, 15) is 9.59 Å². The minimum absolute atomic E-state index is 0.111. The number of nitrogens with zero attached hydrogens (tertiary/aromatic N) is 5. The van der Waals surface area contributed by atoms with Gasteiger partial charge in [-0.05, 0) is 52.0 Å². The summed E-state index contributed by atoms with van der Waals surface area (Å²) in [4.78, 5) is 25.0. The molecule has 0 aliphatic carbocycles. The Morgan fingerprint density at radius 2 is 1.45 bits per heavy atom. The number of carbonyl (C=O) groups excluding carboxylic acids is 2. The van der Waals surface area contributed by atoms with E-state index >= 15 is 4.39 Å². The number of nitrogens with one attached hydrogen (secondary N) is 1. The number of hydrogen-bond donors (Lipinski definition) is 1. The smallest absolute Gasteiger partial charge is 0.412 e. The number of amides is 2. The van der Waals surface area contributed by atoms with Crippen molar-refractivity contribution >= 4 is 17.7 Å². The molecule has 1 aromatic carbocycles. The molecule has 2 amide bonds. The second kappa shape index (κ2) is 8.52. The topological polar surface area (TPSA) is 110 Å². The molecule has 0 saturated carbocycles. The van der Waals surface area contributed by atoms with Crippen LogP contribution in [0.3, 0.4) is 0 Å². The fourth-order valence-corrected chi connectivity index (χ4v) is 2.20. The highest BCUT2D eigenvalue weighted by atomic mass is 19.1. The SMILES string of the molecule is CN(C(=O)OC(C)(C)C)C(C)(F)c1nnc(-c2ccc(NC(=O)C(C)(C)C)cc2)nn1. The lowest BCUT2D eigenvalue weighted by atomic mass is 9.95. The van der Waals surface area contributed by atoms with Crippen LogP contribution in [-0.4, -0.2) is 49.9 Å². The molecule has 9 nitrogen and oxygen atoms in total. The maximum absolute atomic E-state index is 15.2. The summed E-state index contributed by atoms with van der Waals surface area (Å²) in [5, 5.41) is 18.3. The van der Waals surface area contributed by atoms with E-state index in [1.165, 1.54) is 7.05 Å². The summed E-state index contributed by atoms with van der Waals surface area (Å²) in [6.45, 7) is 11.6. The minimum atomic E-state index is -2.37. The second-order valence-corrected chi connectivity index (χ2v) is 9.32. The number of benzene rings is 1. The van der Waals surface area contributed by atoms with Crippen LogP contribution in [0.15, 0.2) is 24.3 Å². The predicted octanol–water partition coefficient (Wildman–Crippen LogP) is 3.93. The van der Waals surface area contributed by atoms with Gasteiger partial charge in [0, 0.05) is 23.7 Å². The highest BCUT2D eigenvalue weighted by Gasteiger charge is 2.40. The van der Waals surface area contributed by atoms with Crippen LogP contribution in [0.1, 0.15) is 54.3 Å². The molecular weight excluding hydrogens is 403 g/mol. The average molecular weight is 433 g/mol. The van der Waals surface area contributed by atoms with Gasteiger partial charge in [0.05, 0.1) is 0 Å². The van der Waals surface area contributed by atoms with Gasteiger partial charge in [-0.15, -0.1) is 20.4 Å². The van der Waals surface area contributed by atoms with E-state index in [1.807, 2.05) is 20.8 Å². The van der Waals surface area contributed by atoms with Crippen LogP contribution in [0.25, 0.3) is 11.4 Å². The Labute approximate surface area is 181 Å². The first-order valence-corrected chi connectivity index (χ1v) is 9.77. The molecule has 1 unspecified atom stereocenters. The largest absolute Gasteiger partial charge is 0.444 e. The first kappa shape index (κ1) is 24.1. The standard InChI is InChI=1S/C21H29FN6O3/c1-19(2,3)17(29)23-14-11-9-13(10-12-14)15-24-26-16(27-25-15)21(7,22)28(8)18(30)31-20(4,5)6/h9-12H,1-8H3,(H,23,29). The summed E-state index contributed by atoms with van der Waals surface area (Å²) >= 11 is 0. The third-order valence-electron chi connectivity index (χ3n) is 4.27.